The maximum absolute atomic E-state index is 11.4. The minimum atomic E-state index is -0.933. The van der Waals surface area contributed by atoms with Gasteiger partial charge in [0.1, 0.15) is 0 Å². The van der Waals surface area contributed by atoms with Gasteiger partial charge in [-0.1, -0.05) is 6.92 Å². The highest BCUT2D eigenvalue weighted by molar-refractivity contribution is 5.74. The van der Waals surface area contributed by atoms with Crippen molar-refractivity contribution in [2.45, 2.75) is 32.5 Å². The van der Waals surface area contributed by atoms with Crippen molar-refractivity contribution in [3.8, 4) is 0 Å². The summed E-state index contributed by atoms with van der Waals surface area (Å²) in [5, 5.41) is 13.6. The van der Waals surface area contributed by atoms with Gasteiger partial charge in [0.15, 0.2) is 5.79 Å². The molecule has 2 amide bonds. The van der Waals surface area contributed by atoms with Crippen LogP contribution in [-0.2, 0) is 14.3 Å². The van der Waals surface area contributed by atoms with Crippen molar-refractivity contribution < 1.29 is 24.2 Å². The Morgan fingerprint density at radius 3 is 2.53 bits per heavy atom. The van der Waals surface area contributed by atoms with Crippen molar-refractivity contribution >= 4 is 12.0 Å². The van der Waals surface area contributed by atoms with E-state index in [9.17, 15) is 9.59 Å². The minimum absolute atomic E-state index is 0.0806. The van der Waals surface area contributed by atoms with E-state index in [1.165, 1.54) is 0 Å². The van der Waals surface area contributed by atoms with Crippen LogP contribution in [0.3, 0.4) is 0 Å². The average Bonchev–Trinajstić information content (AvgIpc) is 2.72. The van der Waals surface area contributed by atoms with E-state index in [0.717, 1.165) is 0 Å². The van der Waals surface area contributed by atoms with Gasteiger partial charge in [-0.05, 0) is 12.8 Å². The average molecular weight is 274 g/mol. The number of hydrogen-bond donors (Lipinski definition) is 3. The van der Waals surface area contributed by atoms with Crippen molar-refractivity contribution in [2.75, 3.05) is 26.3 Å². The molecule has 1 unspecified atom stereocenters. The normalized spacial score (nSPS) is 18.8. The number of carbonyl (C=O) groups excluding carboxylic acids is 1. The summed E-state index contributed by atoms with van der Waals surface area (Å²) in [6, 6.07) is -0.355. The van der Waals surface area contributed by atoms with Crippen LogP contribution in [0.2, 0.25) is 0 Å². The lowest BCUT2D eigenvalue weighted by atomic mass is 10.0. The van der Waals surface area contributed by atoms with Crippen LogP contribution in [0.25, 0.3) is 0 Å². The molecule has 0 aromatic heterocycles. The van der Waals surface area contributed by atoms with Crippen LogP contribution in [0.15, 0.2) is 0 Å². The maximum atomic E-state index is 11.4. The Morgan fingerprint density at radius 1 is 1.32 bits per heavy atom. The van der Waals surface area contributed by atoms with Gasteiger partial charge in [0.2, 0.25) is 0 Å². The second-order valence-corrected chi connectivity index (χ2v) is 4.92. The fourth-order valence-corrected chi connectivity index (χ4v) is 1.99. The monoisotopic (exact) mass is 274 g/mol. The van der Waals surface area contributed by atoms with Gasteiger partial charge in [-0.3, -0.25) is 4.79 Å². The number of carboxylic acids is 1. The first-order chi connectivity index (χ1) is 8.91. The largest absolute Gasteiger partial charge is 0.481 e. The van der Waals surface area contributed by atoms with E-state index >= 15 is 0 Å². The van der Waals surface area contributed by atoms with Gasteiger partial charge in [0.05, 0.1) is 19.6 Å². The van der Waals surface area contributed by atoms with Crippen LogP contribution in [0.5, 0.6) is 0 Å². The molecule has 0 aromatic rings. The molecule has 0 aliphatic carbocycles. The molecule has 1 atom stereocenters. The molecule has 1 aliphatic heterocycles. The summed E-state index contributed by atoms with van der Waals surface area (Å²) >= 11 is 0. The molecule has 0 radical (unpaired) electrons. The standard InChI is InChI=1S/C12H22N2O5/c1-9(7-12(2)18-5-6-19-12)8-14-11(17)13-4-3-10(15)16/h9H,3-8H2,1-2H3,(H,15,16)(H2,13,14,17). The summed E-state index contributed by atoms with van der Waals surface area (Å²) in [6.45, 7) is 5.70. The number of amides is 2. The number of hydrogen-bond acceptors (Lipinski definition) is 4. The van der Waals surface area contributed by atoms with Crippen molar-refractivity contribution in [3.63, 3.8) is 0 Å². The van der Waals surface area contributed by atoms with Crippen LogP contribution >= 0.6 is 0 Å². The zero-order valence-corrected chi connectivity index (χ0v) is 11.4. The summed E-state index contributed by atoms with van der Waals surface area (Å²) < 4.78 is 11.0. The van der Waals surface area contributed by atoms with E-state index in [1.807, 2.05) is 13.8 Å². The lowest BCUT2D eigenvalue weighted by Gasteiger charge is -2.26. The first-order valence-electron chi connectivity index (χ1n) is 6.43. The predicted octanol–water partition coefficient (Wildman–Crippen LogP) is 0.550. The Labute approximate surface area is 112 Å². The summed E-state index contributed by atoms with van der Waals surface area (Å²) in [4.78, 5) is 21.6. The van der Waals surface area contributed by atoms with Gasteiger partial charge in [-0.25, -0.2) is 4.79 Å². The Balaban J connectivity index is 2.13. The van der Waals surface area contributed by atoms with Crippen LogP contribution in [0, 0.1) is 5.92 Å². The molecule has 0 bridgehead atoms. The number of rotatable bonds is 7. The number of carboxylic acid groups (broad SMARTS) is 1. The Hall–Kier alpha value is -1.34. The minimum Gasteiger partial charge on any atom is -0.481 e. The molecule has 110 valence electrons. The number of ether oxygens (including phenoxy) is 2. The van der Waals surface area contributed by atoms with E-state index in [-0.39, 0.29) is 24.9 Å². The molecule has 3 N–H and O–H groups in total. The highest BCUT2D eigenvalue weighted by Gasteiger charge is 2.32. The van der Waals surface area contributed by atoms with Gasteiger partial charge in [0, 0.05) is 19.5 Å². The first kappa shape index (κ1) is 15.7. The van der Waals surface area contributed by atoms with E-state index < -0.39 is 11.8 Å². The van der Waals surface area contributed by atoms with Crippen LogP contribution < -0.4 is 10.6 Å². The number of nitrogens with one attached hydrogen (secondary N) is 2. The van der Waals surface area contributed by atoms with E-state index in [0.29, 0.717) is 26.2 Å². The van der Waals surface area contributed by atoms with Crippen LogP contribution in [0.4, 0.5) is 4.79 Å². The third-order valence-electron chi connectivity index (χ3n) is 2.85. The molecule has 1 heterocycles. The Bertz CT molecular complexity index is 315. The fourth-order valence-electron chi connectivity index (χ4n) is 1.99. The topological polar surface area (TPSA) is 96.9 Å². The molecule has 1 aliphatic rings. The SMILES string of the molecule is CC(CNC(=O)NCCC(=O)O)CC1(C)OCCO1. The van der Waals surface area contributed by atoms with Gasteiger partial charge in [-0.2, -0.15) is 0 Å². The van der Waals surface area contributed by atoms with Gasteiger partial charge < -0.3 is 25.2 Å². The summed E-state index contributed by atoms with van der Waals surface area (Å²) in [5.41, 5.74) is 0. The highest BCUT2D eigenvalue weighted by atomic mass is 16.7. The number of carbonyl (C=O) groups is 2. The molecule has 0 spiro atoms. The third kappa shape index (κ3) is 6.40. The lowest BCUT2D eigenvalue weighted by molar-refractivity contribution is -0.153. The fraction of sp³-hybridized carbons (Fsp3) is 0.833. The number of aliphatic carboxylic acids is 1. The van der Waals surface area contributed by atoms with E-state index in [1.54, 1.807) is 0 Å². The van der Waals surface area contributed by atoms with E-state index in [2.05, 4.69) is 10.6 Å². The number of urea groups is 1. The second-order valence-electron chi connectivity index (χ2n) is 4.92. The molecule has 0 saturated carbocycles. The molecule has 1 fully saturated rings. The molecule has 19 heavy (non-hydrogen) atoms. The molecule has 1 saturated heterocycles. The highest BCUT2D eigenvalue weighted by Crippen LogP contribution is 2.26. The second kappa shape index (κ2) is 7.30. The molecule has 1 rings (SSSR count). The molecular formula is C12H22N2O5. The van der Waals surface area contributed by atoms with Gasteiger partial charge in [0.25, 0.3) is 0 Å². The summed E-state index contributed by atoms with van der Waals surface area (Å²) in [7, 11) is 0. The quantitative estimate of drug-likeness (QED) is 0.630. The lowest BCUT2D eigenvalue weighted by Crippen LogP contribution is -2.40. The summed E-state index contributed by atoms with van der Waals surface area (Å²) in [5.74, 6) is -1.29. The third-order valence-corrected chi connectivity index (χ3v) is 2.85. The Kier molecular flexibility index (Phi) is 6.04. The van der Waals surface area contributed by atoms with Gasteiger partial charge in [-0.15, -0.1) is 0 Å². The molecule has 7 heteroatoms. The van der Waals surface area contributed by atoms with Gasteiger partial charge >= 0.3 is 12.0 Å². The van der Waals surface area contributed by atoms with Crippen molar-refractivity contribution in [2.24, 2.45) is 5.92 Å². The smallest absolute Gasteiger partial charge is 0.314 e. The summed E-state index contributed by atoms with van der Waals surface area (Å²) in [6.07, 6.45) is 0.616. The zero-order valence-electron chi connectivity index (χ0n) is 11.4. The maximum Gasteiger partial charge on any atom is 0.314 e. The van der Waals surface area contributed by atoms with E-state index in [4.69, 9.17) is 14.6 Å². The van der Waals surface area contributed by atoms with Crippen LogP contribution in [0.1, 0.15) is 26.7 Å². The Morgan fingerprint density at radius 2 is 1.95 bits per heavy atom. The zero-order chi connectivity index (χ0) is 14.3. The molecule has 0 aromatic carbocycles. The van der Waals surface area contributed by atoms with Crippen molar-refractivity contribution in [1.82, 2.24) is 10.6 Å². The first-order valence-corrected chi connectivity index (χ1v) is 6.43. The van der Waals surface area contributed by atoms with Crippen molar-refractivity contribution in [1.29, 1.82) is 0 Å². The van der Waals surface area contributed by atoms with Crippen LogP contribution in [-0.4, -0.2) is 49.2 Å². The van der Waals surface area contributed by atoms with Crippen molar-refractivity contribution in [3.05, 3.63) is 0 Å². The predicted molar refractivity (Wildman–Crippen MR) is 67.7 cm³/mol. The molecule has 7 nitrogen and oxygen atoms in total. The molecular weight excluding hydrogens is 252 g/mol.